The van der Waals surface area contributed by atoms with Crippen LogP contribution in [0.5, 0.6) is 0 Å². The van der Waals surface area contributed by atoms with Crippen LogP contribution in [0.1, 0.15) is 78.1 Å². The highest BCUT2D eigenvalue weighted by Crippen LogP contribution is 2.66. The molecule has 0 heterocycles. The molecule has 4 saturated carbocycles. The summed E-state index contributed by atoms with van der Waals surface area (Å²) in [6, 6.07) is 0. The second-order valence-corrected chi connectivity index (χ2v) is 9.13. The van der Waals surface area contributed by atoms with E-state index in [4.69, 9.17) is 0 Å². The first-order valence-electron chi connectivity index (χ1n) is 9.23. The van der Waals surface area contributed by atoms with Gasteiger partial charge < -0.3 is 5.11 Å². The summed E-state index contributed by atoms with van der Waals surface area (Å²) < 4.78 is 0. The average molecular weight is 276 g/mol. The fourth-order valence-electron chi connectivity index (χ4n) is 7.25. The van der Waals surface area contributed by atoms with Crippen molar-refractivity contribution in [2.24, 2.45) is 34.5 Å². The molecule has 4 fully saturated rings. The zero-order valence-electron chi connectivity index (χ0n) is 13.4. The van der Waals surface area contributed by atoms with Crippen LogP contribution >= 0.6 is 0 Å². The van der Waals surface area contributed by atoms with Gasteiger partial charge in [0.05, 0.1) is 6.10 Å². The summed E-state index contributed by atoms with van der Waals surface area (Å²) >= 11 is 0. The van der Waals surface area contributed by atoms with Gasteiger partial charge in [0.1, 0.15) is 0 Å². The Bertz CT molecular complexity index is 391. The maximum Gasteiger partial charge on any atom is 0.0577 e. The molecule has 1 nitrogen and oxygen atoms in total. The van der Waals surface area contributed by atoms with Gasteiger partial charge in [-0.15, -0.1) is 0 Å². The first kappa shape index (κ1) is 13.6. The van der Waals surface area contributed by atoms with Crippen molar-refractivity contribution in [2.45, 2.75) is 84.2 Å². The molecule has 4 aliphatic carbocycles. The van der Waals surface area contributed by atoms with E-state index in [0.717, 1.165) is 24.2 Å². The maximum atomic E-state index is 10.9. The summed E-state index contributed by atoms with van der Waals surface area (Å²) in [7, 11) is 0. The SMILES string of the molecule is C[C@@]12CCC[C@H]1[C@@H]1C(O)CC3CCCC[C@]3(C)[C@@H]1CC2. The maximum absolute atomic E-state index is 10.9. The quantitative estimate of drug-likeness (QED) is 0.675. The van der Waals surface area contributed by atoms with Gasteiger partial charge in [0.2, 0.25) is 0 Å². The zero-order valence-corrected chi connectivity index (χ0v) is 13.4. The molecule has 0 aromatic rings. The van der Waals surface area contributed by atoms with Crippen LogP contribution < -0.4 is 0 Å². The number of aliphatic hydroxyl groups excluding tert-OH is 1. The molecular weight excluding hydrogens is 244 g/mol. The zero-order chi connectivity index (χ0) is 14.0. The highest BCUT2D eigenvalue weighted by molar-refractivity contribution is 5.09. The molecular formula is C19H32O. The van der Waals surface area contributed by atoms with Gasteiger partial charge in [0.15, 0.2) is 0 Å². The van der Waals surface area contributed by atoms with Crippen molar-refractivity contribution >= 4 is 0 Å². The van der Waals surface area contributed by atoms with Gasteiger partial charge in [0.25, 0.3) is 0 Å². The average Bonchev–Trinajstić information content (AvgIpc) is 2.81. The standard InChI is InChI=1S/C19H32O/c1-18-9-5-7-14(18)17-15(8-11-18)19(2)10-4-3-6-13(19)12-16(17)20/h13-17,20H,3-12H2,1-2H3/t13?,14-,15+,16?,17-,18-,19-/m0/s1. The van der Waals surface area contributed by atoms with Crippen LogP contribution in [0.3, 0.4) is 0 Å². The lowest BCUT2D eigenvalue weighted by molar-refractivity contribution is -0.157. The second kappa shape index (κ2) is 4.48. The lowest BCUT2D eigenvalue weighted by atomic mass is 9.45. The summed E-state index contributed by atoms with van der Waals surface area (Å²) in [6.07, 6.45) is 13.9. The van der Waals surface area contributed by atoms with Gasteiger partial charge in [-0.1, -0.05) is 33.1 Å². The van der Waals surface area contributed by atoms with Crippen LogP contribution in [-0.2, 0) is 0 Å². The van der Waals surface area contributed by atoms with Gasteiger partial charge in [-0.25, -0.2) is 0 Å². The second-order valence-electron chi connectivity index (χ2n) is 9.13. The summed E-state index contributed by atoms with van der Waals surface area (Å²) in [4.78, 5) is 0. The number of hydrogen-bond donors (Lipinski definition) is 1. The van der Waals surface area contributed by atoms with Crippen LogP contribution in [0.2, 0.25) is 0 Å². The van der Waals surface area contributed by atoms with E-state index >= 15 is 0 Å². The van der Waals surface area contributed by atoms with Crippen LogP contribution in [0.15, 0.2) is 0 Å². The Morgan fingerprint density at radius 1 is 0.850 bits per heavy atom. The van der Waals surface area contributed by atoms with Crippen molar-refractivity contribution in [1.82, 2.24) is 0 Å². The van der Waals surface area contributed by atoms with Crippen molar-refractivity contribution in [3.63, 3.8) is 0 Å². The van der Waals surface area contributed by atoms with Crippen LogP contribution in [0.25, 0.3) is 0 Å². The number of aliphatic hydroxyl groups is 1. The van der Waals surface area contributed by atoms with E-state index in [1.807, 2.05) is 0 Å². The summed E-state index contributed by atoms with van der Waals surface area (Å²) in [5.41, 5.74) is 1.13. The minimum atomic E-state index is 0.0129. The molecule has 114 valence electrons. The molecule has 0 aromatic heterocycles. The molecule has 0 radical (unpaired) electrons. The first-order valence-corrected chi connectivity index (χ1v) is 9.23. The topological polar surface area (TPSA) is 20.2 Å². The highest BCUT2D eigenvalue weighted by Gasteiger charge is 2.59. The summed E-state index contributed by atoms with van der Waals surface area (Å²) in [5.74, 6) is 3.11. The van der Waals surface area contributed by atoms with Gasteiger partial charge in [-0.3, -0.25) is 0 Å². The van der Waals surface area contributed by atoms with Crippen molar-refractivity contribution < 1.29 is 5.11 Å². The number of fused-ring (bicyclic) bond motifs is 5. The van der Waals surface area contributed by atoms with E-state index in [9.17, 15) is 5.11 Å². The number of hydrogen-bond acceptors (Lipinski definition) is 1. The molecule has 2 unspecified atom stereocenters. The Hall–Kier alpha value is -0.0400. The Labute approximate surface area is 124 Å². The fraction of sp³-hybridized carbons (Fsp3) is 1.00. The normalized spacial score (nSPS) is 58.6. The van der Waals surface area contributed by atoms with E-state index in [0.29, 0.717) is 16.7 Å². The third-order valence-electron chi connectivity index (χ3n) is 8.38. The molecule has 4 aliphatic rings. The largest absolute Gasteiger partial charge is 0.393 e. The van der Waals surface area contributed by atoms with Crippen LogP contribution in [-0.4, -0.2) is 11.2 Å². The van der Waals surface area contributed by atoms with Crippen molar-refractivity contribution in [2.75, 3.05) is 0 Å². The Morgan fingerprint density at radius 3 is 2.55 bits per heavy atom. The third-order valence-corrected chi connectivity index (χ3v) is 8.38. The summed E-state index contributed by atoms with van der Waals surface area (Å²) in [5, 5.41) is 10.9. The minimum Gasteiger partial charge on any atom is -0.393 e. The lowest BCUT2D eigenvalue weighted by Crippen LogP contribution is -2.56. The molecule has 0 bridgehead atoms. The van der Waals surface area contributed by atoms with E-state index in [1.165, 1.54) is 57.8 Å². The van der Waals surface area contributed by atoms with E-state index < -0.39 is 0 Å². The lowest BCUT2D eigenvalue weighted by Gasteiger charge is -2.61. The Morgan fingerprint density at radius 2 is 1.70 bits per heavy atom. The first-order chi connectivity index (χ1) is 9.55. The van der Waals surface area contributed by atoms with Crippen molar-refractivity contribution in [1.29, 1.82) is 0 Å². The predicted molar refractivity (Wildman–Crippen MR) is 82.4 cm³/mol. The van der Waals surface area contributed by atoms with E-state index in [-0.39, 0.29) is 6.10 Å². The molecule has 20 heavy (non-hydrogen) atoms. The monoisotopic (exact) mass is 276 g/mol. The van der Waals surface area contributed by atoms with Gasteiger partial charge in [-0.2, -0.15) is 0 Å². The molecule has 0 spiro atoms. The van der Waals surface area contributed by atoms with Crippen molar-refractivity contribution in [3.05, 3.63) is 0 Å². The predicted octanol–water partition coefficient (Wildman–Crippen LogP) is 4.78. The van der Waals surface area contributed by atoms with Gasteiger partial charge >= 0.3 is 0 Å². The molecule has 4 rings (SSSR count). The van der Waals surface area contributed by atoms with Gasteiger partial charge in [-0.05, 0) is 79.4 Å². The third kappa shape index (κ3) is 1.71. The Kier molecular flexibility index (Phi) is 3.05. The highest BCUT2D eigenvalue weighted by atomic mass is 16.3. The summed E-state index contributed by atoms with van der Waals surface area (Å²) in [6.45, 7) is 5.13. The minimum absolute atomic E-state index is 0.0129. The Balaban J connectivity index is 1.69. The number of rotatable bonds is 0. The smallest absolute Gasteiger partial charge is 0.0577 e. The molecule has 0 aromatic carbocycles. The molecule has 7 atom stereocenters. The van der Waals surface area contributed by atoms with E-state index in [1.54, 1.807) is 0 Å². The molecule has 1 heteroatoms. The van der Waals surface area contributed by atoms with Crippen molar-refractivity contribution in [3.8, 4) is 0 Å². The molecule has 0 aliphatic heterocycles. The van der Waals surface area contributed by atoms with Crippen LogP contribution in [0.4, 0.5) is 0 Å². The molecule has 1 N–H and O–H groups in total. The van der Waals surface area contributed by atoms with Crippen LogP contribution in [0, 0.1) is 34.5 Å². The fourth-order valence-corrected chi connectivity index (χ4v) is 7.25. The molecule has 0 saturated heterocycles. The van der Waals surface area contributed by atoms with E-state index in [2.05, 4.69) is 13.8 Å². The molecule has 0 amide bonds. The van der Waals surface area contributed by atoms with Gasteiger partial charge in [0, 0.05) is 0 Å².